The summed E-state index contributed by atoms with van der Waals surface area (Å²) in [6.45, 7) is 0. The molecule has 0 atom stereocenters. The van der Waals surface area contributed by atoms with Crippen molar-refractivity contribution < 1.29 is 4.79 Å². The SMILES string of the molecule is CNC(=O)c1ncc[nH]1. The summed E-state index contributed by atoms with van der Waals surface area (Å²) in [6.07, 6.45) is 3.13. The molecule has 0 aromatic carbocycles. The van der Waals surface area contributed by atoms with Crippen LogP contribution in [0.4, 0.5) is 0 Å². The molecular weight excluding hydrogens is 118 g/mol. The lowest BCUT2D eigenvalue weighted by Gasteiger charge is -1.90. The molecule has 0 saturated carbocycles. The third kappa shape index (κ3) is 1.07. The average molecular weight is 125 g/mol. The standard InChI is InChI=1S/C5H7N3O/c1-6-5(9)4-7-2-3-8-4/h2-3H,1H3,(H,6,9)(H,7,8). The topological polar surface area (TPSA) is 57.8 Å². The summed E-state index contributed by atoms with van der Waals surface area (Å²) >= 11 is 0. The number of hydrogen-bond acceptors (Lipinski definition) is 2. The molecule has 0 saturated heterocycles. The number of nitrogens with one attached hydrogen (secondary N) is 2. The lowest BCUT2D eigenvalue weighted by Crippen LogP contribution is -2.18. The Bertz CT molecular complexity index is 192. The maximum atomic E-state index is 10.7. The molecule has 0 aliphatic rings. The molecule has 4 heteroatoms. The van der Waals surface area contributed by atoms with Gasteiger partial charge in [-0.05, 0) is 0 Å². The molecule has 1 aromatic heterocycles. The molecule has 4 nitrogen and oxygen atoms in total. The summed E-state index contributed by atoms with van der Waals surface area (Å²) in [5.74, 6) is 0.150. The van der Waals surface area contributed by atoms with E-state index in [-0.39, 0.29) is 5.91 Å². The number of aromatic amines is 1. The fourth-order valence-electron chi connectivity index (χ4n) is 0.508. The zero-order chi connectivity index (χ0) is 6.69. The summed E-state index contributed by atoms with van der Waals surface area (Å²) in [5.41, 5.74) is 0. The molecule has 1 aromatic rings. The Morgan fingerprint density at radius 2 is 2.67 bits per heavy atom. The number of aromatic nitrogens is 2. The molecule has 2 N–H and O–H groups in total. The van der Waals surface area contributed by atoms with Crippen molar-refractivity contribution in [3.63, 3.8) is 0 Å². The summed E-state index contributed by atoms with van der Waals surface area (Å²) in [5, 5.41) is 2.43. The molecular formula is C5H7N3O. The first kappa shape index (κ1) is 5.81. The molecule has 48 valence electrons. The number of H-pyrrole nitrogens is 1. The first-order valence-corrected chi connectivity index (χ1v) is 2.56. The van der Waals surface area contributed by atoms with E-state index in [1.807, 2.05) is 0 Å². The van der Waals surface area contributed by atoms with Crippen LogP contribution in [0.15, 0.2) is 12.4 Å². The maximum absolute atomic E-state index is 10.7. The van der Waals surface area contributed by atoms with E-state index in [1.165, 1.54) is 6.20 Å². The molecule has 0 unspecified atom stereocenters. The number of carbonyl (C=O) groups excluding carboxylic acids is 1. The van der Waals surface area contributed by atoms with Crippen molar-refractivity contribution in [3.05, 3.63) is 18.2 Å². The van der Waals surface area contributed by atoms with Crippen LogP contribution in [-0.4, -0.2) is 22.9 Å². The van der Waals surface area contributed by atoms with Crippen LogP contribution in [0.2, 0.25) is 0 Å². The van der Waals surface area contributed by atoms with Crippen LogP contribution in [0.3, 0.4) is 0 Å². The van der Waals surface area contributed by atoms with Crippen molar-refractivity contribution in [1.82, 2.24) is 15.3 Å². The van der Waals surface area contributed by atoms with Gasteiger partial charge in [0.05, 0.1) is 0 Å². The van der Waals surface area contributed by atoms with E-state index >= 15 is 0 Å². The number of amides is 1. The van der Waals surface area contributed by atoms with Gasteiger partial charge in [0.15, 0.2) is 5.82 Å². The van der Waals surface area contributed by atoms with E-state index in [9.17, 15) is 4.79 Å². The minimum Gasteiger partial charge on any atom is -0.352 e. The highest BCUT2D eigenvalue weighted by molar-refractivity contribution is 5.90. The Hall–Kier alpha value is -1.32. The molecule has 1 rings (SSSR count). The number of carbonyl (C=O) groups is 1. The molecule has 0 fully saturated rings. The minimum absolute atomic E-state index is 0.194. The van der Waals surface area contributed by atoms with Gasteiger partial charge >= 0.3 is 0 Å². The van der Waals surface area contributed by atoms with E-state index < -0.39 is 0 Å². The van der Waals surface area contributed by atoms with Crippen molar-refractivity contribution in [1.29, 1.82) is 0 Å². The van der Waals surface area contributed by atoms with Gasteiger partial charge in [-0.15, -0.1) is 0 Å². The van der Waals surface area contributed by atoms with Gasteiger partial charge in [-0.3, -0.25) is 4.79 Å². The zero-order valence-corrected chi connectivity index (χ0v) is 5.01. The molecule has 1 amide bonds. The summed E-state index contributed by atoms with van der Waals surface area (Å²) < 4.78 is 0. The Balaban J connectivity index is 2.77. The van der Waals surface area contributed by atoms with Crippen molar-refractivity contribution in [2.45, 2.75) is 0 Å². The first-order chi connectivity index (χ1) is 4.34. The fourth-order valence-corrected chi connectivity index (χ4v) is 0.508. The second-order valence-electron chi connectivity index (χ2n) is 1.52. The van der Waals surface area contributed by atoms with Crippen LogP contribution in [0.25, 0.3) is 0 Å². The smallest absolute Gasteiger partial charge is 0.286 e. The minimum atomic E-state index is -0.194. The second kappa shape index (κ2) is 2.30. The molecule has 0 radical (unpaired) electrons. The number of rotatable bonds is 1. The van der Waals surface area contributed by atoms with Crippen LogP contribution in [0.1, 0.15) is 10.6 Å². The highest BCUT2D eigenvalue weighted by Gasteiger charge is 2.01. The third-order valence-corrected chi connectivity index (χ3v) is 0.940. The molecule has 9 heavy (non-hydrogen) atoms. The van der Waals surface area contributed by atoms with E-state index in [2.05, 4.69) is 15.3 Å². The summed E-state index contributed by atoms with van der Waals surface area (Å²) in [7, 11) is 1.56. The van der Waals surface area contributed by atoms with Gasteiger partial charge in [-0.25, -0.2) is 4.98 Å². The Labute approximate surface area is 52.3 Å². The number of nitrogens with zero attached hydrogens (tertiary/aromatic N) is 1. The highest BCUT2D eigenvalue weighted by Crippen LogP contribution is 1.84. The Kier molecular flexibility index (Phi) is 1.48. The van der Waals surface area contributed by atoms with E-state index in [4.69, 9.17) is 0 Å². The second-order valence-corrected chi connectivity index (χ2v) is 1.52. The van der Waals surface area contributed by atoms with Crippen LogP contribution >= 0.6 is 0 Å². The van der Waals surface area contributed by atoms with E-state index in [1.54, 1.807) is 13.2 Å². The van der Waals surface area contributed by atoms with Gasteiger partial charge in [-0.1, -0.05) is 0 Å². The van der Waals surface area contributed by atoms with Gasteiger partial charge in [0.25, 0.3) is 5.91 Å². The highest BCUT2D eigenvalue weighted by atomic mass is 16.2. The Morgan fingerprint density at radius 3 is 3.11 bits per heavy atom. The summed E-state index contributed by atoms with van der Waals surface area (Å²) in [4.78, 5) is 17.1. The van der Waals surface area contributed by atoms with Crippen LogP contribution in [-0.2, 0) is 0 Å². The molecule has 0 bridgehead atoms. The van der Waals surface area contributed by atoms with Crippen LogP contribution < -0.4 is 5.32 Å². The largest absolute Gasteiger partial charge is 0.352 e. The molecule has 0 aliphatic heterocycles. The van der Waals surface area contributed by atoms with Crippen molar-refractivity contribution in [3.8, 4) is 0 Å². The van der Waals surface area contributed by atoms with Gasteiger partial charge in [0, 0.05) is 19.4 Å². The monoisotopic (exact) mass is 125 g/mol. The molecule has 0 aliphatic carbocycles. The van der Waals surface area contributed by atoms with Gasteiger partial charge < -0.3 is 10.3 Å². The lowest BCUT2D eigenvalue weighted by molar-refractivity contribution is 0.0954. The Morgan fingerprint density at radius 1 is 1.89 bits per heavy atom. The van der Waals surface area contributed by atoms with Crippen LogP contribution in [0, 0.1) is 0 Å². The molecule has 1 heterocycles. The lowest BCUT2D eigenvalue weighted by atomic mass is 10.6. The number of imidazole rings is 1. The van der Waals surface area contributed by atoms with Gasteiger partial charge in [0.1, 0.15) is 0 Å². The predicted octanol–water partition coefficient (Wildman–Crippen LogP) is -0.231. The van der Waals surface area contributed by atoms with Crippen molar-refractivity contribution in [2.24, 2.45) is 0 Å². The predicted molar refractivity (Wildman–Crippen MR) is 32.0 cm³/mol. The van der Waals surface area contributed by atoms with Crippen molar-refractivity contribution in [2.75, 3.05) is 7.05 Å². The fraction of sp³-hybridized carbons (Fsp3) is 0.200. The van der Waals surface area contributed by atoms with Crippen molar-refractivity contribution >= 4 is 5.91 Å². The van der Waals surface area contributed by atoms with E-state index in [0.29, 0.717) is 5.82 Å². The number of hydrogen-bond donors (Lipinski definition) is 2. The summed E-state index contributed by atoms with van der Waals surface area (Å²) in [6, 6.07) is 0. The molecule has 0 spiro atoms. The quantitative estimate of drug-likeness (QED) is 0.544. The normalized spacial score (nSPS) is 9.00. The van der Waals surface area contributed by atoms with Crippen LogP contribution in [0.5, 0.6) is 0 Å². The van der Waals surface area contributed by atoms with E-state index in [0.717, 1.165) is 0 Å². The van der Waals surface area contributed by atoms with Gasteiger partial charge in [0.2, 0.25) is 0 Å². The van der Waals surface area contributed by atoms with Gasteiger partial charge in [-0.2, -0.15) is 0 Å². The average Bonchev–Trinajstić information content (AvgIpc) is 2.37. The maximum Gasteiger partial charge on any atom is 0.286 e. The third-order valence-electron chi connectivity index (χ3n) is 0.940. The zero-order valence-electron chi connectivity index (χ0n) is 5.01. The first-order valence-electron chi connectivity index (χ1n) is 2.56.